The number of hydrogen-bond acceptors (Lipinski definition) is 10. The summed E-state index contributed by atoms with van der Waals surface area (Å²) >= 11 is 2.01. The quantitative estimate of drug-likeness (QED) is 0.135. The van der Waals surface area contributed by atoms with Gasteiger partial charge in [0.1, 0.15) is 22.7 Å². The number of nitrogens with zero attached hydrogens (tertiary/aromatic N) is 6. The molecule has 2 aliphatic heterocycles. The molecule has 14 heteroatoms. The number of aromatic nitrogens is 4. The predicted molar refractivity (Wildman–Crippen MR) is 230 cm³/mol. The van der Waals surface area contributed by atoms with Crippen molar-refractivity contribution < 1.29 is 18.7 Å². The second-order valence-corrected chi connectivity index (χ2v) is 17.7. The third kappa shape index (κ3) is 9.95. The summed E-state index contributed by atoms with van der Waals surface area (Å²) < 4.78 is 22.6. The van der Waals surface area contributed by atoms with E-state index in [0.717, 1.165) is 79.5 Å². The highest BCUT2D eigenvalue weighted by Gasteiger charge is 2.28. The Morgan fingerprint density at radius 1 is 0.864 bits per heavy atom. The molecule has 2 atom stereocenters. The molecule has 2 aromatic carbocycles. The van der Waals surface area contributed by atoms with E-state index < -0.39 is 11.7 Å². The Kier molecular flexibility index (Phi) is 12.6. The highest BCUT2D eigenvalue weighted by Crippen LogP contribution is 2.33. The van der Waals surface area contributed by atoms with Crippen LogP contribution >= 0.6 is 11.8 Å². The lowest BCUT2D eigenvalue weighted by molar-refractivity contribution is 0.0890. The van der Waals surface area contributed by atoms with Gasteiger partial charge in [0.2, 0.25) is 5.88 Å². The molecule has 2 amide bonds. The molecule has 59 heavy (non-hydrogen) atoms. The molecule has 1 saturated carbocycles. The Morgan fingerprint density at radius 3 is 2.31 bits per heavy atom. The number of amides is 2. The van der Waals surface area contributed by atoms with E-state index in [4.69, 9.17) is 4.74 Å². The minimum absolute atomic E-state index is 0.0292. The lowest BCUT2D eigenvalue weighted by atomic mass is 9.91. The zero-order valence-electron chi connectivity index (χ0n) is 34.3. The minimum Gasteiger partial charge on any atom is -0.438 e. The van der Waals surface area contributed by atoms with E-state index in [-0.39, 0.29) is 29.4 Å². The maximum absolute atomic E-state index is 14.6. The van der Waals surface area contributed by atoms with Crippen molar-refractivity contribution in [1.29, 1.82) is 0 Å². The zero-order chi connectivity index (χ0) is 41.0. The largest absolute Gasteiger partial charge is 0.438 e. The SMILES string of the molecule is Cc1cc(C)n2ncc(C(=O)N[C@H]3CC[C@H](NC(=O)c4cc(F)cnc4Oc4cccc(-c5ccc(CN6C[C@@H](C)N[C@@H](C)C6)cc5CN5CCSCC5)c4)CC3)c2n1. The van der Waals surface area contributed by atoms with Gasteiger partial charge in [0.15, 0.2) is 5.65 Å². The number of benzene rings is 2. The summed E-state index contributed by atoms with van der Waals surface area (Å²) in [6.07, 6.45) is 5.26. The number of carbonyl (C=O) groups excluding carboxylic acids is 2. The van der Waals surface area contributed by atoms with Gasteiger partial charge in [0.25, 0.3) is 11.8 Å². The number of carbonyl (C=O) groups is 2. The first-order valence-corrected chi connectivity index (χ1v) is 22.0. The second-order valence-electron chi connectivity index (χ2n) is 16.5. The van der Waals surface area contributed by atoms with E-state index in [2.05, 4.69) is 78.9 Å². The Hall–Kier alpha value is -4.89. The van der Waals surface area contributed by atoms with Crippen LogP contribution < -0.4 is 20.7 Å². The van der Waals surface area contributed by atoms with Crippen LogP contribution in [0.1, 0.15) is 82.8 Å². The predicted octanol–water partition coefficient (Wildman–Crippen LogP) is 6.54. The highest BCUT2D eigenvalue weighted by atomic mass is 32.2. The van der Waals surface area contributed by atoms with Crippen LogP contribution in [0.25, 0.3) is 16.8 Å². The molecule has 1 aliphatic carbocycles. The van der Waals surface area contributed by atoms with E-state index in [1.54, 1.807) is 10.7 Å². The highest BCUT2D eigenvalue weighted by molar-refractivity contribution is 7.99. The lowest BCUT2D eigenvalue weighted by Gasteiger charge is -2.36. The number of pyridine rings is 1. The number of piperazine rings is 1. The van der Waals surface area contributed by atoms with Crippen molar-refractivity contribution in [2.24, 2.45) is 0 Å². The normalized spacial score (nSPS) is 21.6. The minimum atomic E-state index is -0.624. The fourth-order valence-electron chi connectivity index (χ4n) is 8.83. The van der Waals surface area contributed by atoms with Gasteiger partial charge in [0, 0.05) is 86.3 Å². The molecule has 5 heterocycles. The number of nitrogens with one attached hydrogen (secondary N) is 3. The molecule has 0 spiro atoms. The number of halogens is 1. The summed E-state index contributed by atoms with van der Waals surface area (Å²) in [4.78, 5) is 40.8. The molecule has 3 aromatic heterocycles. The smallest absolute Gasteiger partial charge is 0.257 e. The van der Waals surface area contributed by atoms with Crippen LogP contribution in [0, 0.1) is 19.7 Å². The average molecular weight is 820 g/mol. The number of ether oxygens (including phenoxy) is 1. The molecule has 2 saturated heterocycles. The van der Waals surface area contributed by atoms with Crippen molar-refractivity contribution >= 4 is 29.2 Å². The number of aryl methyl sites for hydroxylation is 2. The van der Waals surface area contributed by atoms with Crippen LogP contribution in [-0.4, -0.2) is 103 Å². The third-order valence-corrected chi connectivity index (χ3v) is 12.5. The Balaban J connectivity index is 0.934. The topological polar surface area (TPSA) is 129 Å². The number of fused-ring (bicyclic) bond motifs is 1. The van der Waals surface area contributed by atoms with E-state index >= 15 is 0 Å². The first-order valence-electron chi connectivity index (χ1n) is 20.8. The molecule has 3 fully saturated rings. The first-order chi connectivity index (χ1) is 28.5. The molecule has 0 bridgehead atoms. The molecular weight excluding hydrogens is 766 g/mol. The summed E-state index contributed by atoms with van der Waals surface area (Å²) in [5, 5.41) is 14.2. The monoisotopic (exact) mass is 819 g/mol. The van der Waals surface area contributed by atoms with Crippen molar-refractivity contribution in [1.82, 2.24) is 45.3 Å². The molecule has 0 radical (unpaired) electrons. The maximum Gasteiger partial charge on any atom is 0.257 e. The Bertz CT molecular complexity index is 2300. The number of thioether (sulfide) groups is 1. The van der Waals surface area contributed by atoms with Crippen LogP contribution in [0.5, 0.6) is 11.6 Å². The zero-order valence-corrected chi connectivity index (χ0v) is 35.2. The molecule has 310 valence electrons. The van der Waals surface area contributed by atoms with E-state index in [9.17, 15) is 14.0 Å². The van der Waals surface area contributed by atoms with Crippen molar-refractivity contribution in [3.05, 3.63) is 106 Å². The molecule has 12 nitrogen and oxygen atoms in total. The van der Waals surface area contributed by atoms with Gasteiger partial charge in [-0.05, 0) is 99.9 Å². The van der Waals surface area contributed by atoms with Gasteiger partial charge in [-0.15, -0.1) is 0 Å². The summed E-state index contributed by atoms with van der Waals surface area (Å²) in [7, 11) is 0. The van der Waals surface area contributed by atoms with Crippen LogP contribution in [0.15, 0.2) is 67.0 Å². The average Bonchev–Trinajstić information content (AvgIpc) is 3.64. The molecule has 3 N–H and O–H groups in total. The first kappa shape index (κ1) is 40.9. The number of rotatable bonds is 11. The van der Waals surface area contributed by atoms with Crippen molar-refractivity contribution in [3.8, 4) is 22.8 Å². The van der Waals surface area contributed by atoms with Gasteiger partial charge in [-0.25, -0.2) is 18.9 Å². The maximum atomic E-state index is 14.6. The van der Waals surface area contributed by atoms with Crippen LogP contribution in [0.4, 0.5) is 4.39 Å². The number of hydrogen-bond donors (Lipinski definition) is 3. The van der Waals surface area contributed by atoms with Crippen LogP contribution in [0.2, 0.25) is 0 Å². The van der Waals surface area contributed by atoms with Crippen LogP contribution in [-0.2, 0) is 13.1 Å². The standard InChI is InChI=1S/C45H54FN9O3S/c1-28-18-31(4)55-42(50-28)41(23-48-55)44(57)52-37-11-9-36(10-12-37)51-43(56)40-21-35(46)22-47-45(40)58-38-7-5-6-33(20-38)39-13-8-32(26-54-24-29(2)49-30(3)25-54)19-34(39)27-53-14-16-59-17-15-53/h5-8,13,18-23,29-30,36-37,49H,9-12,14-17,24-27H2,1-4H3,(H,51,56)(H,52,57)/t29-,30+,36-,37-. The van der Waals surface area contributed by atoms with Crippen molar-refractivity contribution in [3.63, 3.8) is 0 Å². The summed E-state index contributed by atoms with van der Waals surface area (Å²) in [5.41, 5.74) is 7.44. The van der Waals surface area contributed by atoms with Gasteiger partial charge in [-0.1, -0.05) is 30.3 Å². The van der Waals surface area contributed by atoms with Gasteiger partial charge >= 0.3 is 0 Å². The van der Waals surface area contributed by atoms with E-state index in [1.165, 1.54) is 17.2 Å². The van der Waals surface area contributed by atoms with Gasteiger partial charge in [-0.3, -0.25) is 19.4 Å². The van der Waals surface area contributed by atoms with Gasteiger partial charge < -0.3 is 20.7 Å². The van der Waals surface area contributed by atoms with E-state index in [1.807, 2.05) is 49.9 Å². The van der Waals surface area contributed by atoms with E-state index in [0.29, 0.717) is 54.7 Å². The van der Waals surface area contributed by atoms with Crippen molar-refractivity contribution in [2.45, 2.75) is 90.6 Å². The third-order valence-electron chi connectivity index (χ3n) is 11.5. The molecule has 8 rings (SSSR count). The Labute approximate surface area is 349 Å². The fourth-order valence-corrected chi connectivity index (χ4v) is 9.81. The summed E-state index contributed by atoms with van der Waals surface area (Å²) in [5.74, 6) is 1.52. The van der Waals surface area contributed by atoms with Crippen molar-refractivity contribution in [2.75, 3.05) is 37.7 Å². The molecule has 0 unspecified atom stereocenters. The second kappa shape index (κ2) is 18.2. The fraction of sp³-hybridized carbons (Fsp3) is 0.444. The van der Waals surface area contributed by atoms with Crippen LogP contribution in [0.3, 0.4) is 0 Å². The molecule has 5 aromatic rings. The Morgan fingerprint density at radius 2 is 1.58 bits per heavy atom. The van der Waals surface area contributed by atoms with Gasteiger partial charge in [0.05, 0.1) is 12.4 Å². The lowest BCUT2D eigenvalue weighted by Crippen LogP contribution is -2.53. The van der Waals surface area contributed by atoms with Gasteiger partial charge in [-0.2, -0.15) is 16.9 Å². The summed E-state index contributed by atoms with van der Waals surface area (Å²) in [6, 6.07) is 18.5. The molecular formula is C45H54FN9O3S. The molecule has 3 aliphatic rings. The summed E-state index contributed by atoms with van der Waals surface area (Å²) in [6.45, 7) is 14.2.